The molecule has 0 aromatic heterocycles. The number of hydrogen-bond acceptors (Lipinski definition) is 6. The topological polar surface area (TPSA) is 128 Å². The molecule has 0 bridgehead atoms. The molecule has 8 nitrogen and oxygen atoms in total. The van der Waals surface area contributed by atoms with Crippen molar-refractivity contribution in [2.75, 3.05) is 13.1 Å². The van der Waals surface area contributed by atoms with E-state index in [0.29, 0.717) is 19.1 Å². The number of amides is 1. The Morgan fingerprint density at radius 3 is 2.58 bits per heavy atom. The minimum atomic E-state index is -3.82. The second-order valence-electron chi connectivity index (χ2n) is 6.79. The average Bonchev–Trinajstić information content (AvgIpc) is 2.77. The predicted molar refractivity (Wildman–Crippen MR) is 115 cm³/mol. The number of nitrogens with zero attached hydrogens (tertiary/aromatic N) is 2. The number of hydrogen-bond donors (Lipinski definition) is 2. The van der Waals surface area contributed by atoms with E-state index in [9.17, 15) is 23.1 Å². The minimum Gasteiger partial charge on any atom is -0.393 e. The van der Waals surface area contributed by atoms with Gasteiger partial charge in [-0.3, -0.25) is 9.59 Å². The van der Waals surface area contributed by atoms with Crippen LogP contribution >= 0.6 is 0 Å². The second-order valence-corrected chi connectivity index (χ2v) is 8.73. The number of nitriles is 1. The van der Waals surface area contributed by atoms with E-state index in [1.807, 2.05) is 0 Å². The first-order valence-electron chi connectivity index (χ1n) is 9.41. The molecule has 1 aromatic carbocycles. The van der Waals surface area contributed by atoms with Gasteiger partial charge in [0.05, 0.1) is 22.8 Å². The third-order valence-corrected chi connectivity index (χ3v) is 6.50. The maximum atomic E-state index is 12.9. The molecule has 0 radical (unpaired) electrons. The van der Waals surface area contributed by atoms with Crippen LogP contribution in [0.1, 0.15) is 23.2 Å². The molecule has 0 spiro atoms. The van der Waals surface area contributed by atoms with Crippen LogP contribution in [0.2, 0.25) is 0 Å². The molecule has 2 rings (SSSR count). The summed E-state index contributed by atoms with van der Waals surface area (Å²) in [5, 5.41) is 21.0. The summed E-state index contributed by atoms with van der Waals surface area (Å²) in [5.41, 5.74) is 0.184. The Hall–Kier alpha value is -3.32. The summed E-state index contributed by atoms with van der Waals surface area (Å²) in [7, 11) is -3.82. The number of aliphatic hydroxyl groups excluding tert-OH is 1. The Morgan fingerprint density at radius 1 is 1.32 bits per heavy atom. The lowest BCUT2D eigenvalue weighted by Gasteiger charge is -2.28. The summed E-state index contributed by atoms with van der Waals surface area (Å²) in [6.07, 6.45) is 4.60. The zero-order valence-corrected chi connectivity index (χ0v) is 17.6. The van der Waals surface area contributed by atoms with Crippen LogP contribution in [0, 0.1) is 11.3 Å². The summed E-state index contributed by atoms with van der Waals surface area (Å²) < 4.78 is 27.1. The molecule has 0 atom stereocenters. The lowest BCUT2D eigenvalue weighted by Crippen LogP contribution is -2.40. The molecule has 1 aromatic rings. The predicted octanol–water partition coefficient (Wildman–Crippen LogP) is 1.84. The molecule has 1 aliphatic heterocycles. The standard InChI is InChI=1S/C22H23N3O5S/c1-3-5-21(18(15-26)12-16(2)14-23)24-22(28)17-6-4-7-20(13-17)31(29,30)25-10-8-19(27)9-11-25/h3-7,12-13,15,19,27H,1-2,8-11H2,(H,24,28)/b18-12-,21-5+. The smallest absolute Gasteiger partial charge is 0.255 e. The molecule has 0 unspecified atom stereocenters. The first kappa shape index (κ1) is 24.0. The van der Waals surface area contributed by atoms with Crippen molar-refractivity contribution in [1.82, 2.24) is 9.62 Å². The number of allylic oxidation sites excluding steroid dienone is 5. The van der Waals surface area contributed by atoms with E-state index in [1.165, 1.54) is 46.8 Å². The van der Waals surface area contributed by atoms with E-state index in [1.54, 1.807) is 6.07 Å². The van der Waals surface area contributed by atoms with E-state index in [2.05, 4.69) is 18.5 Å². The fraction of sp³-hybridized carbons (Fsp3) is 0.227. The highest BCUT2D eigenvalue weighted by molar-refractivity contribution is 7.89. The number of rotatable bonds is 8. The Kier molecular flexibility index (Phi) is 8.22. The Balaban J connectivity index is 2.30. The van der Waals surface area contributed by atoms with E-state index in [0.717, 1.165) is 0 Å². The number of benzene rings is 1. The molecule has 162 valence electrons. The number of carbonyl (C=O) groups is 2. The molecule has 1 amide bonds. The first-order chi connectivity index (χ1) is 14.7. The molecule has 2 N–H and O–H groups in total. The van der Waals surface area contributed by atoms with Crippen molar-refractivity contribution < 1.29 is 23.1 Å². The summed E-state index contributed by atoms with van der Waals surface area (Å²) in [6.45, 7) is 7.41. The molecular formula is C22H23N3O5S. The first-order valence-corrected chi connectivity index (χ1v) is 10.9. The second kappa shape index (κ2) is 10.6. The number of nitrogens with one attached hydrogen (secondary N) is 1. The van der Waals surface area contributed by atoms with E-state index in [-0.39, 0.29) is 40.4 Å². The fourth-order valence-corrected chi connectivity index (χ4v) is 4.46. The maximum absolute atomic E-state index is 12.9. The third kappa shape index (κ3) is 6.08. The molecule has 1 aliphatic rings. The minimum absolute atomic E-state index is 0.00968. The van der Waals surface area contributed by atoms with Crippen molar-refractivity contribution in [2.24, 2.45) is 0 Å². The van der Waals surface area contributed by atoms with Crippen LogP contribution in [-0.2, 0) is 14.8 Å². The van der Waals surface area contributed by atoms with Crippen molar-refractivity contribution in [3.8, 4) is 6.07 Å². The zero-order chi connectivity index (χ0) is 23.0. The molecule has 1 fully saturated rings. The van der Waals surface area contributed by atoms with Gasteiger partial charge in [-0.25, -0.2) is 8.42 Å². The van der Waals surface area contributed by atoms with Crippen LogP contribution in [0.4, 0.5) is 0 Å². The van der Waals surface area contributed by atoms with Gasteiger partial charge in [0.1, 0.15) is 0 Å². The van der Waals surface area contributed by atoms with Crippen molar-refractivity contribution in [3.05, 3.63) is 78.1 Å². The molecule has 1 saturated heterocycles. The number of aliphatic hydroxyl groups is 1. The van der Waals surface area contributed by atoms with Crippen molar-refractivity contribution in [3.63, 3.8) is 0 Å². The largest absolute Gasteiger partial charge is 0.393 e. The summed E-state index contributed by atoms with van der Waals surface area (Å²) in [6, 6.07) is 7.32. The van der Waals surface area contributed by atoms with E-state index < -0.39 is 22.0 Å². The molecule has 1 heterocycles. The Bertz CT molecular complexity index is 1090. The van der Waals surface area contributed by atoms with Crippen LogP contribution in [0.15, 0.2) is 77.4 Å². The van der Waals surface area contributed by atoms with Crippen LogP contribution in [0.5, 0.6) is 0 Å². The van der Waals surface area contributed by atoms with Gasteiger partial charge in [0.25, 0.3) is 5.91 Å². The van der Waals surface area contributed by atoms with Crippen LogP contribution in [0.25, 0.3) is 0 Å². The van der Waals surface area contributed by atoms with Crippen molar-refractivity contribution in [1.29, 1.82) is 5.26 Å². The van der Waals surface area contributed by atoms with Crippen molar-refractivity contribution in [2.45, 2.75) is 23.8 Å². The quantitative estimate of drug-likeness (QED) is 0.274. The van der Waals surface area contributed by atoms with Gasteiger partial charge in [0.15, 0.2) is 6.29 Å². The van der Waals surface area contributed by atoms with Gasteiger partial charge >= 0.3 is 0 Å². The SMILES string of the molecule is C=C/C=C(NC(=O)c1cccc(S(=O)(=O)N2CCC(O)CC2)c1)\C(C=O)=C/C(=C)C#N. The number of piperidine rings is 1. The Labute approximate surface area is 181 Å². The summed E-state index contributed by atoms with van der Waals surface area (Å²) in [5.74, 6) is -0.644. The van der Waals surface area contributed by atoms with Gasteiger partial charge < -0.3 is 10.4 Å². The van der Waals surface area contributed by atoms with Gasteiger partial charge in [0.2, 0.25) is 10.0 Å². The van der Waals surface area contributed by atoms with Gasteiger partial charge in [-0.15, -0.1) is 0 Å². The zero-order valence-electron chi connectivity index (χ0n) is 16.8. The lowest BCUT2D eigenvalue weighted by molar-refractivity contribution is -0.104. The van der Waals surface area contributed by atoms with E-state index >= 15 is 0 Å². The molecule has 31 heavy (non-hydrogen) atoms. The summed E-state index contributed by atoms with van der Waals surface area (Å²) >= 11 is 0. The van der Waals surface area contributed by atoms with Crippen LogP contribution < -0.4 is 5.32 Å². The molecule has 9 heteroatoms. The van der Waals surface area contributed by atoms with Gasteiger partial charge in [-0.05, 0) is 43.2 Å². The molecule has 0 saturated carbocycles. The third-order valence-electron chi connectivity index (χ3n) is 4.60. The highest BCUT2D eigenvalue weighted by atomic mass is 32.2. The monoisotopic (exact) mass is 441 g/mol. The van der Waals surface area contributed by atoms with Crippen LogP contribution in [-0.4, -0.2) is 49.2 Å². The fourth-order valence-electron chi connectivity index (χ4n) is 2.95. The summed E-state index contributed by atoms with van der Waals surface area (Å²) in [4.78, 5) is 24.1. The number of sulfonamides is 1. The Morgan fingerprint density at radius 2 is 2.00 bits per heavy atom. The van der Waals surface area contributed by atoms with Crippen molar-refractivity contribution >= 4 is 22.2 Å². The van der Waals surface area contributed by atoms with Gasteiger partial charge in [-0.2, -0.15) is 9.57 Å². The highest BCUT2D eigenvalue weighted by Gasteiger charge is 2.29. The van der Waals surface area contributed by atoms with Crippen LogP contribution in [0.3, 0.4) is 0 Å². The van der Waals surface area contributed by atoms with Gasteiger partial charge in [-0.1, -0.05) is 25.3 Å². The highest BCUT2D eigenvalue weighted by Crippen LogP contribution is 2.22. The normalized spacial score (nSPS) is 16.3. The van der Waals surface area contributed by atoms with E-state index in [4.69, 9.17) is 5.26 Å². The maximum Gasteiger partial charge on any atom is 0.255 e. The average molecular weight is 442 g/mol. The molecular weight excluding hydrogens is 418 g/mol. The molecule has 0 aliphatic carbocycles. The lowest BCUT2D eigenvalue weighted by atomic mass is 10.1. The number of aldehydes is 1. The number of carbonyl (C=O) groups excluding carboxylic acids is 2. The van der Waals surface area contributed by atoms with Gasteiger partial charge in [0, 0.05) is 29.8 Å².